The minimum Gasteiger partial charge on any atom is -0.326 e. The van der Waals surface area contributed by atoms with Crippen LogP contribution in [0, 0.1) is 0 Å². The number of alkyl halides is 3. The predicted molar refractivity (Wildman–Crippen MR) is 67.9 cm³/mol. The minimum absolute atomic E-state index is 0.232. The van der Waals surface area contributed by atoms with Gasteiger partial charge in [0.15, 0.2) is 0 Å². The first-order valence-corrected chi connectivity index (χ1v) is 6.18. The number of carbonyl (C=O) groups excluding carboxylic acids is 2. The Kier molecular flexibility index (Phi) is 3.66. The Balaban J connectivity index is 2.25. The summed E-state index contributed by atoms with van der Waals surface area (Å²) >= 11 is 0. The van der Waals surface area contributed by atoms with Crippen molar-refractivity contribution >= 4 is 11.9 Å². The van der Waals surface area contributed by atoms with Crippen molar-refractivity contribution in [3.63, 3.8) is 0 Å². The van der Waals surface area contributed by atoms with Crippen LogP contribution < -0.4 is 11.1 Å². The average molecular weight is 301 g/mol. The van der Waals surface area contributed by atoms with Crippen molar-refractivity contribution in [2.45, 2.75) is 31.7 Å². The second-order valence-electron chi connectivity index (χ2n) is 4.97. The molecule has 0 aromatic heterocycles. The first-order chi connectivity index (χ1) is 9.69. The molecule has 1 fully saturated rings. The normalized spacial score (nSPS) is 22.6. The first kappa shape index (κ1) is 15.3. The highest BCUT2D eigenvalue weighted by atomic mass is 19.4. The number of urea groups is 1. The van der Waals surface area contributed by atoms with Gasteiger partial charge in [0, 0.05) is 6.54 Å². The van der Waals surface area contributed by atoms with Crippen molar-refractivity contribution in [1.82, 2.24) is 10.2 Å². The van der Waals surface area contributed by atoms with Gasteiger partial charge in [-0.05, 0) is 18.1 Å². The molecule has 1 atom stereocenters. The third-order valence-electron chi connectivity index (χ3n) is 3.41. The lowest BCUT2D eigenvalue weighted by atomic mass is 10.0. The van der Waals surface area contributed by atoms with E-state index < -0.39 is 23.7 Å². The third-order valence-corrected chi connectivity index (χ3v) is 3.41. The Morgan fingerprint density at radius 1 is 1.29 bits per heavy atom. The van der Waals surface area contributed by atoms with E-state index in [1.807, 2.05) is 0 Å². The lowest BCUT2D eigenvalue weighted by molar-refractivity contribution is -0.191. The molecule has 1 aliphatic rings. The SMILES string of the molecule is CC1(C(F)(F)F)NC(=O)N(Cc2cccc(CN)c2)C1=O. The first-order valence-electron chi connectivity index (χ1n) is 6.18. The highest BCUT2D eigenvalue weighted by Crippen LogP contribution is 2.35. The van der Waals surface area contributed by atoms with Crippen molar-refractivity contribution in [2.24, 2.45) is 5.73 Å². The van der Waals surface area contributed by atoms with Crippen LogP contribution in [0.1, 0.15) is 18.1 Å². The molecule has 1 aromatic rings. The van der Waals surface area contributed by atoms with Gasteiger partial charge in [-0.2, -0.15) is 13.2 Å². The topological polar surface area (TPSA) is 75.4 Å². The van der Waals surface area contributed by atoms with Crippen LogP contribution in [0.25, 0.3) is 0 Å². The van der Waals surface area contributed by atoms with Gasteiger partial charge in [0.25, 0.3) is 5.91 Å². The number of rotatable bonds is 3. The number of nitrogens with zero attached hydrogens (tertiary/aromatic N) is 1. The lowest BCUT2D eigenvalue weighted by Crippen LogP contribution is -2.56. The smallest absolute Gasteiger partial charge is 0.326 e. The fourth-order valence-corrected chi connectivity index (χ4v) is 2.07. The van der Waals surface area contributed by atoms with Gasteiger partial charge in [0.2, 0.25) is 5.54 Å². The maximum absolute atomic E-state index is 12.9. The maximum Gasteiger partial charge on any atom is 0.420 e. The number of nitrogens with one attached hydrogen (secondary N) is 1. The van der Waals surface area contributed by atoms with Gasteiger partial charge < -0.3 is 11.1 Å². The second-order valence-corrected chi connectivity index (χ2v) is 4.97. The van der Waals surface area contributed by atoms with Crippen LogP contribution in [0.15, 0.2) is 24.3 Å². The molecule has 0 bridgehead atoms. The third kappa shape index (κ3) is 2.58. The van der Waals surface area contributed by atoms with Crippen LogP contribution >= 0.6 is 0 Å². The molecule has 8 heteroatoms. The van der Waals surface area contributed by atoms with E-state index in [0.717, 1.165) is 5.56 Å². The Hall–Kier alpha value is -2.09. The number of benzene rings is 1. The van der Waals surface area contributed by atoms with Gasteiger partial charge in [-0.15, -0.1) is 0 Å². The summed E-state index contributed by atoms with van der Waals surface area (Å²) in [5, 5.41) is 1.71. The van der Waals surface area contributed by atoms with E-state index in [2.05, 4.69) is 0 Å². The number of nitrogens with two attached hydrogens (primary N) is 1. The van der Waals surface area contributed by atoms with Crippen molar-refractivity contribution < 1.29 is 22.8 Å². The summed E-state index contributed by atoms with van der Waals surface area (Å²) in [6.45, 7) is 0.683. The molecule has 114 valence electrons. The van der Waals surface area contributed by atoms with Gasteiger partial charge in [-0.25, -0.2) is 4.79 Å². The Labute approximate surface area is 118 Å². The van der Waals surface area contributed by atoms with E-state index in [1.165, 1.54) is 0 Å². The fraction of sp³-hybridized carbons (Fsp3) is 0.385. The van der Waals surface area contributed by atoms with Gasteiger partial charge >= 0.3 is 12.2 Å². The molecule has 2 rings (SSSR count). The van der Waals surface area contributed by atoms with Crippen molar-refractivity contribution in [2.75, 3.05) is 0 Å². The standard InChI is InChI=1S/C13H14F3N3O2/c1-12(13(14,15)16)10(20)19(11(21)18-12)7-9-4-2-3-8(5-9)6-17/h2-5H,6-7,17H2,1H3,(H,18,21). The molecule has 1 unspecified atom stereocenters. The molecular weight excluding hydrogens is 287 g/mol. The van der Waals surface area contributed by atoms with E-state index in [9.17, 15) is 22.8 Å². The van der Waals surface area contributed by atoms with Crippen LogP contribution in [-0.4, -0.2) is 28.6 Å². The van der Waals surface area contributed by atoms with Gasteiger partial charge in [0.1, 0.15) is 0 Å². The summed E-state index contributed by atoms with van der Waals surface area (Å²) in [6, 6.07) is 5.61. The van der Waals surface area contributed by atoms with Gasteiger partial charge in [-0.1, -0.05) is 24.3 Å². The number of halogens is 3. The zero-order chi connectivity index (χ0) is 15.8. The van der Waals surface area contributed by atoms with Crippen LogP contribution in [0.5, 0.6) is 0 Å². The highest BCUT2D eigenvalue weighted by molar-refractivity contribution is 6.07. The Bertz CT molecular complexity index is 588. The monoisotopic (exact) mass is 301 g/mol. The summed E-state index contributed by atoms with van der Waals surface area (Å²) in [5.74, 6) is -1.31. The molecule has 1 aliphatic heterocycles. The highest BCUT2D eigenvalue weighted by Gasteiger charge is 2.64. The van der Waals surface area contributed by atoms with Gasteiger partial charge in [0.05, 0.1) is 6.54 Å². The second kappa shape index (κ2) is 5.03. The van der Waals surface area contributed by atoms with Gasteiger partial charge in [-0.3, -0.25) is 9.69 Å². The largest absolute Gasteiger partial charge is 0.420 e. The molecule has 3 N–H and O–H groups in total. The lowest BCUT2D eigenvalue weighted by Gasteiger charge is -2.24. The summed E-state index contributed by atoms with van der Waals surface area (Å²) < 4.78 is 38.8. The molecule has 1 heterocycles. The summed E-state index contributed by atoms with van der Waals surface area (Å²) in [5.41, 5.74) is 3.89. The summed E-state index contributed by atoms with van der Waals surface area (Å²) in [7, 11) is 0. The number of hydrogen-bond donors (Lipinski definition) is 2. The number of hydrogen-bond acceptors (Lipinski definition) is 3. The van der Waals surface area contributed by atoms with E-state index in [0.29, 0.717) is 17.4 Å². The molecule has 5 nitrogen and oxygen atoms in total. The summed E-state index contributed by atoms with van der Waals surface area (Å²) in [6.07, 6.45) is -4.85. The minimum atomic E-state index is -4.85. The Morgan fingerprint density at radius 3 is 2.43 bits per heavy atom. The molecule has 1 saturated heterocycles. The molecule has 1 aromatic carbocycles. The number of amides is 3. The van der Waals surface area contributed by atoms with E-state index in [1.54, 1.807) is 29.6 Å². The van der Waals surface area contributed by atoms with E-state index in [4.69, 9.17) is 5.73 Å². The van der Waals surface area contributed by atoms with E-state index >= 15 is 0 Å². The Morgan fingerprint density at radius 2 is 1.90 bits per heavy atom. The quantitative estimate of drug-likeness (QED) is 0.831. The van der Waals surface area contributed by atoms with Crippen LogP contribution in [-0.2, 0) is 17.9 Å². The predicted octanol–water partition coefficient (Wildman–Crippen LogP) is 1.52. The summed E-state index contributed by atoms with van der Waals surface area (Å²) in [4.78, 5) is 24.2. The molecule has 0 saturated carbocycles. The average Bonchev–Trinajstić information content (AvgIpc) is 2.63. The van der Waals surface area contributed by atoms with Crippen molar-refractivity contribution in [1.29, 1.82) is 0 Å². The molecule has 0 radical (unpaired) electrons. The zero-order valence-corrected chi connectivity index (χ0v) is 11.2. The molecule has 3 amide bonds. The zero-order valence-electron chi connectivity index (χ0n) is 11.2. The molecular formula is C13H14F3N3O2. The fourth-order valence-electron chi connectivity index (χ4n) is 2.07. The van der Waals surface area contributed by atoms with Crippen molar-refractivity contribution in [3.05, 3.63) is 35.4 Å². The maximum atomic E-state index is 12.9. The van der Waals surface area contributed by atoms with E-state index in [-0.39, 0.29) is 13.1 Å². The van der Waals surface area contributed by atoms with Crippen LogP contribution in [0.3, 0.4) is 0 Å². The molecule has 0 aliphatic carbocycles. The van der Waals surface area contributed by atoms with Crippen LogP contribution in [0.2, 0.25) is 0 Å². The van der Waals surface area contributed by atoms with Crippen molar-refractivity contribution in [3.8, 4) is 0 Å². The number of imide groups is 1. The molecule has 21 heavy (non-hydrogen) atoms. The number of carbonyl (C=O) groups is 2. The molecule has 0 spiro atoms. The van der Waals surface area contributed by atoms with Crippen LogP contribution in [0.4, 0.5) is 18.0 Å².